The van der Waals surface area contributed by atoms with Crippen LogP contribution in [0.25, 0.3) is 0 Å². The van der Waals surface area contributed by atoms with Gasteiger partial charge in [-0.1, -0.05) is 0 Å². The number of ether oxygens (including phenoxy) is 2. The van der Waals surface area contributed by atoms with Gasteiger partial charge < -0.3 is 20.5 Å². The molecular weight excluding hydrogens is 410 g/mol. The largest absolute Gasteiger partial charge is 0.480 e. The van der Waals surface area contributed by atoms with Gasteiger partial charge in [-0.15, -0.1) is 0 Å². The summed E-state index contributed by atoms with van der Waals surface area (Å²) in [6.07, 6.45) is -2.81. The summed E-state index contributed by atoms with van der Waals surface area (Å²) in [5, 5.41) is 2.42. The lowest BCUT2D eigenvalue weighted by Crippen LogP contribution is -2.46. The monoisotopic (exact) mass is 427 g/mol. The summed E-state index contributed by atoms with van der Waals surface area (Å²) in [7, 11) is 1.38. The molecule has 0 spiro atoms. The molecule has 0 saturated carbocycles. The standard InChI is InChI=1S/C18H17F4N5O3/c1-29-14-8-24-13(7-25-14)15(28)26-9-2-3-12(20)11(4-9)18(16(21)22)5-10(6-19)30-17(23)27-18/h2-4,7-8,10,16H,5-6H2,1H3,(H2,23,27)(H,26,28)/t10-,18-/m0/s1. The molecule has 3 rings (SSSR count). The van der Waals surface area contributed by atoms with Crippen molar-refractivity contribution < 1.29 is 31.8 Å². The predicted molar refractivity (Wildman–Crippen MR) is 97.7 cm³/mol. The summed E-state index contributed by atoms with van der Waals surface area (Å²) in [5.74, 6) is -1.55. The Morgan fingerprint density at radius 1 is 1.40 bits per heavy atom. The molecule has 30 heavy (non-hydrogen) atoms. The van der Waals surface area contributed by atoms with Gasteiger partial charge in [-0.25, -0.2) is 32.5 Å². The van der Waals surface area contributed by atoms with E-state index in [-0.39, 0.29) is 17.3 Å². The highest BCUT2D eigenvalue weighted by Crippen LogP contribution is 2.42. The molecule has 8 nitrogen and oxygen atoms in total. The van der Waals surface area contributed by atoms with Crippen molar-refractivity contribution in [2.75, 3.05) is 19.1 Å². The summed E-state index contributed by atoms with van der Waals surface area (Å²) in [6, 6.07) is 2.38. The van der Waals surface area contributed by atoms with Crippen LogP contribution in [0, 0.1) is 5.82 Å². The Hall–Kier alpha value is -3.44. The van der Waals surface area contributed by atoms with Crippen LogP contribution in [0.5, 0.6) is 5.88 Å². The molecule has 160 valence electrons. The smallest absolute Gasteiger partial charge is 0.283 e. The maximum absolute atomic E-state index is 14.5. The van der Waals surface area contributed by atoms with Crippen molar-refractivity contribution in [3.63, 3.8) is 0 Å². The van der Waals surface area contributed by atoms with Gasteiger partial charge in [-0.3, -0.25) is 4.79 Å². The first-order chi connectivity index (χ1) is 14.3. The third-order valence-electron chi connectivity index (χ3n) is 4.43. The zero-order chi connectivity index (χ0) is 21.9. The molecular formula is C18H17F4N5O3. The zero-order valence-electron chi connectivity index (χ0n) is 15.6. The minimum Gasteiger partial charge on any atom is -0.480 e. The van der Waals surface area contributed by atoms with Crippen LogP contribution in [0.4, 0.5) is 23.2 Å². The molecule has 2 heterocycles. The maximum Gasteiger partial charge on any atom is 0.283 e. The van der Waals surface area contributed by atoms with Crippen LogP contribution in [0.15, 0.2) is 35.6 Å². The molecule has 12 heteroatoms. The van der Waals surface area contributed by atoms with E-state index in [0.29, 0.717) is 0 Å². The molecule has 0 unspecified atom stereocenters. The third kappa shape index (κ3) is 4.11. The fourth-order valence-electron chi connectivity index (χ4n) is 3.01. The molecule has 0 aliphatic carbocycles. The third-order valence-corrected chi connectivity index (χ3v) is 4.43. The van der Waals surface area contributed by atoms with Gasteiger partial charge in [0.2, 0.25) is 5.88 Å². The molecule has 0 saturated heterocycles. The average molecular weight is 427 g/mol. The number of carbonyl (C=O) groups is 1. The van der Waals surface area contributed by atoms with Crippen molar-refractivity contribution >= 4 is 17.6 Å². The lowest BCUT2D eigenvalue weighted by Gasteiger charge is -2.36. The second kappa shape index (κ2) is 8.51. The zero-order valence-corrected chi connectivity index (χ0v) is 15.6. The summed E-state index contributed by atoms with van der Waals surface area (Å²) in [5.41, 5.74) is 2.31. The van der Waals surface area contributed by atoms with E-state index in [1.165, 1.54) is 19.4 Å². The first-order valence-electron chi connectivity index (χ1n) is 8.62. The minimum absolute atomic E-state index is 0.00824. The molecule has 3 N–H and O–H groups in total. The fourth-order valence-corrected chi connectivity index (χ4v) is 3.01. The lowest BCUT2D eigenvalue weighted by atomic mass is 9.84. The summed E-state index contributed by atoms with van der Waals surface area (Å²) in [6.45, 7) is -1.11. The molecule has 1 aromatic carbocycles. The van der Waals surface area contributed by atoms with Gasteiger partial charge in [0.15, 0.2) is 5.54 Å². The normalized spacial score (nSPS) is 21.0. The predicted octanol–water partition coefficient (Wildman–Crippen LogP) is 2.41. The van der Waals surface area contributed by atoms with Crippen molar-refractivity contribution in [3.8, 4) is 5.88 Å². The van der Waals surface area contributed by atoms with E-state index in [0.717, 1.165) is 18.3 Å². The first-order valence-corrected chi connectivity index (χ1v) is 8.62. The van der Waals surface area contributed by atoms with E-state index < -0.39 is 54.5 Å². The number of methoxy groups -OCH3 is 1. The van der Waals surface area contributed by atoms with Gasteiger partial charge >= 0.3 is 0 Å². The van der Waals surface area contributed by atoms with Crippen molar-refractivity contribution in [1.29, 1.82) is 0 Å². The van der Waals surface area contributed by atoms with Crippen LogP contribution in [-0.2, 0) is 10.3 Å². The van der Waals surface area contributed by atoms with Crippen molar-refractivity contribution in [2.24, 2.45) is 10.7 Å². The number of rotatable bonds is 6. The van der Waals surface area contributed by atoms with Crippen molar-refractivity contribution in [3.05, 3.63) is 47.7 Å². The molecule has 0 radical (unpaired) electrons. The highest BCUT2D eigenvalue weighted by atomic mass is 19.3. The topological polar surface area (TPSA) is 112 Å². The SMILES string of the molecule is COc1cnc(C(=O)Nc2ccc(F)c([C@]3(C(F)F)C[C@@H](CF)OC(N)=N3)c2)cn1. The second-order valence-corrected chi connectivity index (χ2v) is 6.37. The molecule has 1 aromatic heterocycles. The number of hydrogen-bond donors (Lipinski definition) is 2. The van der Waals surface area contributed by atoms with Gasteiger partial charge in [0.1, 0.15) is 24.3 Å². The van der Waals surface area contributed by atoms with Crippen LogP contribution in [0.2, 0.25) is 0 Å². The number of anilines is 1. The van der Waals surface area contributed by atoms with Crippen molar-refractivity contribution in [1.82, 2.24) is 9.97 Å². The number of amidine groups is 1. The number of nitrogens with one attached hydrogen (secondary N) is 1. The minimum atomic E-state index is -3.22. The number of nitrogens with zero attached hydrogens (tertiary/aromatic N) is 3. The van der Waals surface area contributed by atoms with Crippen LogP contribution in [0.3, 0.4) is 0 Å². The maximum atomic E-state index is 14.5. The van der Waals surface area contributed by atoms with Crippen molar-refractivity contribution in [2.45, 2.75) is 24.5 Å². The summed E-state index contributed by atoms with van der Waals surface area (Å²) in [4.78, 5) is 23.6. The summed E-state index contributed by atoms with van der Waals surface area (Å²) >= 11 is 0. The van der Waals surface area contributed by atoms with Gasteiger partial charge in [0.05, 0.1) is 19.5 Å². The van der Waals surface area contributed by atoms with Gasteiger partial charge in [0.25, 0.3) is 18.4 Å². The van der Waals surface area contributed by atoms with E-state index in [4.69, 9.17) is 15.2 Å². The quantitative estimate of drug-likeness (QED) is 0.685. The van der Waals surface area contributed by atoms with E-state index in [2.05, 4.69) is 20.3 Å². The van der Waals surface area contributed by atoms with Crippen LogP contribution >= 0.6 is 0 Å². The number of alkyl halides is 3. The van der Waals surface area contributed by atoms with Gasteiger partial charge in [-0.2, -0.15) is 0 Å². The van der Waals surface area contributed by atoms with E-state index in [1.807, 2.05) is 0 Å². The number of aromatic nitrogens is 2. The number of amides is 1. The molecule has 2 atom stereocenters. The molecule has 0 fully saturated rings. The first kappa shape index (κ1) is 21.3. The molecule has 1 aliphatic heterocycles. The van der Waals surface area contributed by atoms with Crippen LogP contribution in [-0.4, -0.2) is 48.2 Å². The number of hydrogen-bond acceptors (Lipinski definition) is 7. The van der Waals surface area contributed by atoms with Crippen LogP contribution in [0.1, 0.15) is 22.5 Å². The van der Waals surface area contributed by atoms with Crippen LogP contribution < -0.4 is 15.8 Å². The number of carbonyl (C=O) groups excluding carboxylic acids is 1. The molecule has 2 aromatic rings. The molecule has 1 amide bonds. The summed E-state index contributed by atoms with van der Waals surface area (Å²) < 4.78 is 65.4. The molecule has 0 bridgehead atoms. The number of aliphatic imine (C=N–C) groups is 1. The Kier molecular flexibility index (Phi) is 6.04. The van der Waals surface area contributed by atoms with Gasteiger partial charge in [0, 0.05) is 17.7 Å². The Bertz CT molecular complexity index is 957. The highest BCUT2D eigenvalue weighted by molar-refractivity contribution is 6.02. The number of benzene rings is 1. The van der Waals surface area contributed by atoms with E-state index >= 15 is 0 Å². The average Bonchev–Trinajstić information content (AvgIpc) is 2.74. The van der Waals surface area contributed by atoms with E-state index in [1.54, 1.807) is 0 Å². The lowest BCUT2D eigenvalue weighted by molar-refractivity contribution is -0.00510. The second-order valence-electron chi connectivity index (χ2n) is 6.37. The van der Waals surface area contributed by atoms with Gasteiger partial charge in [-0.05, 0) is 18.2 Å². The Morgan fingerprint density at radius 3 is 2.77 bits per heavy atom. The van der Waals surface area contributed by atoms with E-state index in [9.17, 15) is 22.4 Å². The Labute approximate surface area is 168 Å². The Balaban J connectivity index is 1.95. The number of nitrogens with two attached hydrogens (primary N) is 1. The highest BCUT2D eigenvalue weighted by Gasteiger charge is 2.49. The Morgan fingerprint density at radius 2 is 2.17 bits per heavy atom. The number of halogens is 4. The molecule has 1 aliphatic rings. The fraction of sp³-hybridized carbons (Fsp3) is 0.333.